The van der Waals surface area contributed by atoms with Crippen LogP contribution in [0.4, 0.5) is 0 Å². The Balaban J connectivity index is 2.47. The highest BCUT2D eigenvalue weighted by Gasteiger charge is 2.25. The minimum absolute atomic E-state index is 0.974. The molecule has 2 rings (SSSR count). The van der Waals surface area contributed by atoms with Gasteiger partial charge in [-0.3, -0.25) is 0 Å². The molecular weight excluding hydrogens is 287 g/mol. The predicted octanol–water partition coefficient (Wildman–Crippen LogP) is 4.71. The van der Waals surface area contributed by atoms with Crippen molar-refractivity contribution >= 4 is 18.4 Å². The summed E-state index contributed by atoms with van der Waals surface area (Å²) in [6, 6.07) is 12.9. The first-order valence-corrected chi connectivity index (χ1v) is 9.60. The Morgan fingerprint density at radius 1 is 0.591 bits per heavy atom. The molecule has 0 aliphatic heterocycles. The van der Waals surface area contributed by atoms with Crippen LogP contribution in [0.1, 0.15) is 49.9 Å². The molecule has 0 aliphatic rings. The molecule has 116 valence electrons. The third-order valence-corrected chi connectivity index (χ3v) is 5.63. The van der Waals surface area contributed by atoms with Gasteiger partial charge in [-0.05, 0) is 72.2 Å². The van der Waals surface area contributed by atoms with E-state index in [4.69, 9.17) is 0 Å². The van der Waals surface area contributed by atoms with Gasteiger partial charge in [0.25, 0.3) is 0 Å². The molecule has 0 saturated heterocycles. The quantitative estimate of drug-likeness (QED) is 0.706. The van der Waals surface area contributed by atoms with Crippen LogP contribution in [0.25, 0.3) is 0 Å². The van der Waals surface area contributed by atoms with Gasteiger partial charge in [-0.1, -0.05) is 44.4 Å². The van der Waals surface area contributed by atoms with Crippen LogP contribution in [0.3, 0.4) is 0 Å². The summed E-state index contributed by atoms with van der Waals surface area (Å²) in [6.45, 7) is 8.61. The minimum atomic E-state index is -1.51. The number of hydrogen-bond donors (Lipinski definition) is 0. The Morgan fingerprint density at radius 3 is 1.09 bits per heavy atom. The fraction of sp³-hybridized carbons (Fsp3) is 0.400. The van der Waals surface area contributed by atoms with Gasteiger partial charge in [0.2, 0.25) is 0 Å². The van der Waals surface area contributed by atoms with E-state index in [1.807, 2.05) is 0 Å². The molecule has 0 bridgehead atoms. The number of rotatable bonds is 6. The predicted molar refractivity (Wildman–Crippen MR) is 97.3 cm³/mol. The van der Waals surface area contributed by atoms with Crippen LogP contribution in [0.5, 0.6) is 0 Å². The summed E-state index contributed by atoms with van der Waals surface area (Å²) in [5.41, 5.74) is 5.11. The Kier molecular flexibility index (Phi) is 5.91. The van der Waals surface area contributed by atoms with E-state index in [0.717, 1.165) is 36.3 Å². The van der Waals surface area contributed by atoms with Gasteiger partial charge in [0.15, 0.2) is 10.6 Å². The first-order chi connectivity index (χ1) is 10.6. The van der Waals surface area contributed by atoms with Gasteiger partial charge in [0.05, 0.1) is 0 Å². The maximum atomic E-state index is 13.1. The van der Waals surface area contributed by atoms with Crippen molar-refractivity contribution in [1.29, 1.82) is 0 Å². The average molecular weight is 313 g/mol. The standard InChI is InChI=1S/C20H26OP/c1-5-15-9-16(6-2)12-19(11-15)22(21)20-13-17(7-3)10-18(8-4)14-20/h9-14H,5-8H2,1-4H3/q+1. The summed E-state index contributed by atoms with van der Waals surface area (Å²) in [5, 5.41) is 1.95. The molecule has 0 aromatic heterocycles. The maximum absolute atomic E-state index is 13.1. The van der Waals surface area contributed by atoms with Crippen LogP contribution in [-0.2, 0) is 30.2 Å². The summed E-state index contributed by atoms with van der Waals surface area (Å²) in [5.74, 6) is 0. The lowest BCUT2D eigenvalue weighted by Gasteiger charge is -2.03. The second-order valence-electron chi connectivity index (χ2n) is 5.72. The SMILES string of the molecule is CCc1cc(CC)cc([P+](=O)c2cc(CC)cc(CC)c2)c1. The molecule has 0 aliphatic carbocycles. The van der Waals surface area contributed by atoms with Crippen LogP contribution >= 0.6 is 7.80 Å². The molecule has 0 unspecified atom stereocenters. The van der Waals surface area contributed by atoms with Crippen molar-refractivity contribution in [3.05, 3.63) is 58.7 Å². The van der Waals surface area contributed by atoms with Crippen LogP contribution < -0.4 is 10.6 Å². The Hall–Kier alpha value is -1.46. The lowest BCUT2D eigenvalue weighted by Crippen LogP contribution is -2.10. The highest BCUT2D eigenvalue weighted by Crippen LogP contribution is 2.23. The molecule has 0 fully saturated rings. The normalized spacial score (nSPS) is 10.7. The highest BCUT2D eigenvalue weighted by atomic mass is 31.1. The lowest BCUT2D eigenvalue weighted by atomic mass is 10.1. The van der Waals surface area contributed by atoms with E-state index < -0.39 is 7.80 Å². The zero-order valence-corrected chi connectivity index (χ0v) is 15.0. The molecule has 0 radical (unpaired) electrons. The Morgan fingerprint density at radius 2 is 0.864 bits per heavy atom. The molecule has 0 heterocycles. The molecule has 0 N–H and O–H groups in total. The van der Waals surface area contributed by atoms with Gasteiger partial charge in [0, 0.05) is 0 Å². The molecule has 2 aromatic rings. The van der Waals surface area contributed by atoms with E-state index in [2.05, 4.69) is 64.1 Å². The van der Waals surface area contributed by atoms with E-state index >= 15 is 0 Å². The third-order valence-electron chi connectivity index (χ3n) is 4.18. The zero-order chi connectivity index (χ0) is 16.1. The first kappa shape index (κ1) is 16.9. The Labute approximate surface area is 135 Å². The van der Waals surface area contributed by atoms with Crippen molar-refractivity contribution in [3.63, 3.8) is 0 Å². The van der Waals surface area contributed by atoms with E-state index in [-0.39, 0.29) is 0 Å². The second kappa shape index (κ2) is 7.70. The smallest absolute Gasteiger partial charge is 0.0613 e. The van der Waals surface area contributed by atoms with Gasteiger partial charge in [-0.2, -0.15) is 0 Å². The van der Waals surface area contributed by atoms with Gasteiger partial charge in [-0.15, -0.1) is 0 Å². The molecule has 0 amide bonds. The van der Waals surface area contributed by atoms with E-state index in [1.165, 1.54) is 22.3 Å². The third kappa shape index (κ3) is 3.84. The maximum Gasteiger partial charge on any atom is 0.415 e. The van der Waals surface area contributed by atoms with Crippen LogP contribution in [0.15, 0.2) is 36.4 Å². The van der Waals surface area contributed by atoms with E-state index in [9.17, 15) is 4.57 Å². The van der Waals surface area contributed by atoms with Gasteiger partial charge in [-0.25, -0.2) is 0 Å². The van der Waals surface area contributed by atoms with Gasteiger partial charge >= 0.3 is 7.80 Å². The van der Waals surface area contributed by atoms with Crippen molar-refractivity contribution in [1.82, 2.24) is 0 Å². The molecule has 0 saturated carbocycles. The van der Waals surface area contributed by atoms with Gasteiger partial charge < -0.3 is 0 Å². The zero-order valence-electron chi connectivity index (χ0n) is 14.1. The number of aryl methyl sites for hydroxylation is 4. The fourth-order valence-electron chi connectivity index (χ4n) is 2.69. The number of benzene rings is 2. The van der Waals surface area contributed by atoms with Crippen LogP contribution in [0, 0.1) is 0 Å². The molecular formula is C20H26OP+. The van der Waals surface area contributed by atoms with Gasteiger partial charge in [0.1, 0.15) is 0 Å². The van der Waals surface area contributed by atoms with Crippen LogP contribution in [-0.4, -0.2) is 0 Å². The first-order valence-electron chi connectivity index (χ1n) is 8.34. The molecule has 0 spiro atoms. The van der Waals surface area contributed by atoms with E-state index in [1.54, 1.807) is 0 Å². The summed E-state index contributed by atoms with van der Waals surface area (Å²) in [7, 11) is -1.51. The highest BCUT2D eigenvalue weighted by molar-refractivity contribution is 7.61. The molecule has 22 heavy (non-hydrogen) atoms. The van der Waals surface area contributed by atoms with Crippen molar-refractivity contribution in [3.8, 4) is 0 Å². The summed E-state index contributed by atoms with van der Waals surface area (Å²) in [4.78, 5) is 0. The summed E-state index contributed by atoms with van der Waals surface area (Å²) >= 11 is 0. The molecule has 0 atom stereocenters. The number of hydrogen-bond acceptors (Lipinski definition) is 1. The summed E-state index contributed by atoms with van der Waals surface area (Å²) in [6.07, 6.45) is 3.94. The van der Waals surface area contributed by atoms with Crippen molar-refractivity contribution < 1.29 is 4.57 Å². The summed E-state index contributed by atoms with van der Waals surface area (Å²) < 4.78 is 13.1. The van der Waals surface area contributed by atoms with Crippen molar-refractivity contribution in [2.45, 2.75) is 53.4 Å². The van der Waals surface area contributed by atoms with Crippen LogP contribution in [0.2, 0.25) is 0 Å². The second-order valence-corrected chi connectivity index (χ2v) is 7.35. The monoisotopic (exact) mass is 313 g/mol. The molecule has 2 heteroatoms. The van der Waals surface area contributed by atoms with E-state index in [0.29, 0.717) is 0 Å². The van der Waals surface area contributed by atoms with Crippen molar-refractivity contribution in [2.75, 3.05) is 0 Å². The topological polar surface area (TPSA) is 17.1 Å². The Bertz CT molecular complexity index is 571. The fourth-order valence-corrected chi connectivity index (χ4v) is 4.12. The molecule has 2 aromatic carbocycles. The lowest BCUT2D eigenvalue weighted by molar-refractivity contribution is 0.598. The largest absolute Gasteiger partial charge is 0.415 e. The molecule has 1 nitrogen and oxygen atoms in total. The minimum Gasteiger partial charge on any atom is -0.0613 e. The average Bonchev–Trinajstić information content (AvgIpc) is 2.59. The van der Waals surface area contributed by atoms with Crippen molar-refractivity contribution in [2.24, 2.45) is 0 Å².